The molecule has 5 heteroatoms. The Morgan fingerprint density at radius 3 is 1.69 bits per heavy atom. The maximum Gasteiger partial charge on any atom is -0.147 e. The van der Waals surface area contributed by atoms with Crippen LogP contribution >= 0.6 is 33.4 Å². The number of rotatable bonds is 3. The van der Waals surface area contributed by atoms with Crippen molar-refractivity contribution in [1.82, 2.24) is 0 Å². The fourth-order valence-electron chi connectivity index (χ4n) is 5.74. The van der Waals surface area contributed by atoms with Crippen LogP contribution in [0.4, 0.5) is 0 Å². The summed E-state index contributed by atoms with van der Waals surface area (Å²) >= 11 is -4.02. The van der Waals surface area contributed by atoms with Crippen LogP contribution in [0.15, 0.2) is 68.6 Å². The van der Waals surface area contributed by atoms with E-state index in [9.17, 15) is 0 Å². The third-order valence-corrected chi connectivity index (χ3v) is 43.7. The van der Waals surface area contributed by atoms with Crippen molar-refractivity contribution in [3.05, 3.63) is 79.7 Å². The topological polar surface area (TPSA) is 0 Å². The molecule has 156 valence electrons. The van der Waals surface area contributed by atoms with E-state index in [1.54, 1.807) is 3.33 Å². The molecule has 2 aromatic carbocycles. The Bertz CT molecular complexity index is 1050. The fourth-order valence-corrected chi connectivity index (χ4v) is 37.7. The van der Waals surface area contributed by atoms with Gasteiger partial charge in [0.25, 0.3) is 0 Å². The van der Waals surface area contributed by atoms with Crippen LogP contribution in [-0.4, -0.2) is 6.94 Å². The van der Waals surface area contributed by atoms with Gasteiger partial charge in [-0.1, -0.05) is 0 Å². The van der Waals surface area contributed by atoms with Crippen molar-refractivity contribution in [2.75, 3.05) is 0 Å². The van der Waals surface area contributed by atoms with Crippen molar-refractivity contribution < 1.29 is 15.9 Å². The molecule has 29 heavy (non-hydrogen) atoms. The molecule has 0 spiro atoms. The van der Waals surface area contributed by atoms with E-state index < -0.39 is 15.9 Å². The van der Waals surface area contributed by atoms with Crippen LogP contribution in [0.1, 0.15) is 49.4 Å². The molecule has 0 nitrogen and oxygen atoms in total. The third-order valence-electron chi connectivity index (χ3n) is 7.54. The van der Waals surface area contributed by atoms with Crippen molar-refractivity contribution in [3.63, 3.8) is 0 Å². The van der Waals surface area contributed by atoms with E-state index in [0.717, 1.165) is 4.18 Å². The number of fused-ring (bicyclic) bond motifs is 3. The Kier molecular flexibility index (Phi) is 7.31. The van der Waals surface area contributed by atoms with Crippen LogP contribution < -0.4 is 0 Å². The van der Waals surface area contributed by atoms with Gasteiger partial charge in [0.05, 0.1) is 0 Å². The van der Waals surface area contributed by atoms with E-state index in [2.05, 4.69) is 90.1 Å². The zero-order chi connectivity index (χ0) is 19.6. The van der Waals surface area contributed by atoms with Crippen LogP contribution in [0.2, 0.25) is 4.18 Å². The summed E-state index contributed by atoms with van der Waals surface area (Å²) in [6, 6.07) is 18.0. The minimum absolute atomic E-state index is 0. The average Bonchev–Trinajstić information content (AvgIpc) is 3.11. The van der Waals surface area contributed by atoms with Gasteiger partial charge in [-0.2, -0.15) is 0 Å². The third kappa shape index (κ3) is 3.42. The summed E-state index contributed by atoms with van der Waals surface area (Å²) < 4.78 is 3.13. The first-order valence-electron chi connectivity index (χ1n) is 10.0. The minimum atomic E-state index is -4.02. The predicted molar refractivity (Wildman–Crippen MR) is 133 cm³/mol. The second-order valence-corrected chi connectivity index (χ2v) is 51.5. The standard InChI is InChI=1S/C13H9.C9H13.C2H5.3ClH.Hf.H2Si/c1-3-7-12-10(5-1)9-11-6-2-4-8-13(11)12;1-6-5-7(2)9(4)8(6)3;1-2;;;;;/h1-9H;6H,1-4H3;1H2,2H3;3*1H;;1H2/q;;;;;;+1;/p-1. The largest absolute Gasteiger partial charge is 0.147 e. The van der Waals surface area contributed by atoms with E-state index in [1.165, 1.54) is 39.0 Å². The fraction of sp³-hybridized carbons (Fsp3) is 0.333. The number of allylic oxidation sites excluding steroid dienone is 4. The Morgan fingerprint density at radius 2 is 1.31 bits per heavy atom. The molecule has 1 atom stereocenters. The smallest absolute Gasteiger partial charge is 0.147 e. The summed E-state index contributed by atoms with van der Waals surface area (Å²) in [5.74, 6) is 0.482. The maximum absolute atomic E-state index is 8.11. The predicted octanol–water partition coefficient (Wildman–Crippen LogP) is 7.69. The van der Waals surface area contributed by atoms with E-state index in [-0.39, 0.29) is 24.8 Å². The van der Waals surface area contributed by atoms with Crippen LogP contribution in [0, 0.1) is 5.92 Å². The van der Waals surface area contributed by atoms with Gasteiger partial charge in [0.2, 0.25) is 0 Å². The van der Waals surface area contributed by atoms with Crippen molar-refractivity contribution in [2.24, 2.45) is 5.92 Å². The van der Waals surface area contributed by atoms with Gasteiger partial charge in [0, 0.05) is 0 Å². The first-order valence-corrected chi connectivity index (χ1v) is 29.2. The molecule has 0 saturated heterocycles. The van der Waals surface area contributed by atoms with Crippen LogP contribution in [0.5, 0.6) is 0 Å². The molecule has 0 radical (unpaired) electrons. The molecule has 0 heterocycles. The van der Waals surface area contributed by atoms with Crippen molar-refractivity contribution >= 4 is 40.3 Å². The number of benzene rings is 2. The van der Waals surface area contributed by atoms with Crippen molar-refractivity contribution in [3.8, 4) is 11.1 Å². The molecule has 2 aromatic rings. The van der Waals surface area contributed by atoms with Gasteiger partial charge in [-0.05, 0) is 0 Å². The molecular weight excluding hydrogens is 601 g/mol. The SMILES string of the molecule is C[CH2][Hf](=[SiH2])([Cl])([C]1=C(C)C(C)=C(C)C1C)[CH]1c2ccccc2-c2ccccc21.Cl.Cl. The second kappa shape index (κ2) is 8.43. The molecule has 0 aromatic heterocycles. The molecular formula is C24H31Cl3HfSi. The van der Waals surface area contributed by atoms with Gasteiger partial charge in [-0.25, -0.2) is 0 Å². The summed E-state index contributed by atoms with van der Waals surface area (Å²) in [6.45, 7) is 13.9. The molecule has 2 aliphatic rings. The summed E-state index contributed by atoms with van der Waals surface area (Å²) in [5.41, 5.74) is 10.2. The number of hydrogen-bond acceptors (Lipinski definition) is 0. The van der Waals surface area contributed by atoms with Gasteiger partial charge >= 0.3 is 171 Å². The molecule has 4 rings (SSSR count). The van der Waals surface area contributed by atoms with E-state index in [4.69, 9.17) is 8.58 Å². The molecule has 0 N–H and O–H groups in total. The zero-order valence-electron chi connectivity index (χ0n) is 17.9. The zero-order valence-corrected chi connectivity index (χ0v) is 25.3. The van der Waals surface area contributed by atoms with Crippen molar-refractivity contribution in [2.45, 2.75) is 42.5 Å². The first kappa shape index (κ1) is 25.1. The molecule has 0 saturated carbocycles. The van der Waals surface area contributed by atoms with Gasteiger partial charge in [-0.15, -0.1) is 24.8 Å². The van der Waals surface area contributed by atoms with Crippen LogP contribution in [-0.2, 0) is 15.9 Å². The van der Waals surface area contributed by atoms with Crippen LogP contribution in [0.3, 0.4) is 0 Å². The van der Waals surface area contributed by atoms with Gasteiger partial charge in [-0.3, -0.25) is 0 Å². The normalized spacial score (nSPS) is 18.9. The monoisotopic (exact) mass is 632 g/mol. The Morgan fingerprint density at radius 1 is 0.862 bits per heavy atom. The molecule has 0 fully saturated rings. The van der Waals surface area contributed by atoms with Gasteiger partial charge < -0.3 is 0 Å². The first-order chi connectivity index (χ1) is 12.7. The Hall–Kier alpha value is -0.123. The number of halogens is 3. The summed E-state index contributed by atoms with van der Waals surface area (Å²) in [7, 11) is 8.11. The van der Waals surface area contributed by atoms with Gasteiger partial charge in [0.15, 0.2) is 0 Å². The molecule has 1 unspecified atom stereocenters. The Labute approximate surface area is 194 Å². The summed E-state index contributed by atoms with van der Waals surface area (Å²) in [6.07, 6.45) is 0. The Balaban J connectivity index is 0.00000150. The quantitative estimate of drug-likeness (QED) is 0.305. The molecule has 2 aliphatic carbocycles. The average molecular weight is 632 g/mol. The van der Waals surface area contributed by atoms with E-state index in [1.807, 2.05) is 0 Å². The van der Waals surface area contributed by atoms with Gasteiger partial charge in [0.1, 0.15) is 0 Å². The summed E-state index contributed by atoms with van der Waals surface area (Å²) in [5, 5.41) is 0. The molecule has 0 bridgehead atoms. The number of hydrogen-bond donors (Lipinski definition) is 0. The maximum atomic E-state index is 8.11. The minimum Gasteiger partial charge on any atom is -0.147 e. The molecule has 0 aliphatic heterocycles. The second-order valence-electron chi connectivity index (χ2n) is 8.66. The molecule has 0 amide bonds. The van der Waals surface area contributed by atoms with Crippen molar-refractivity contribution in [1.29, 1.82) is 0 Å². The van der Waals surface area contributed by atoms with E-state index in [0.29, 0.717) is 9.59 Å². The van der Waals surface area contributed by atoms with E-state index >= 15 is 0 Å². The van der Waals surface area contributed by atoms with Crippen LogP contribution in [0.25, 0.3) is 11.1 Å². The summed E-state index contributed by atoms with van der Waals surface area (Å²) in [4.78, 5) is 0.